The van der Waals surface area contributed by atoms with Crippen molar-refractivity contribution in [2.45, 2.75) is 31.9 Å². The minimum Gasteiger partial charge on any atom is -0.475 e. The standard InChI is InChI=1S/C19H17Cl2FN2O2/c1-19(2,26-17-8-7-14(21)11-15(17)22)18(25)24-16(9-10-23-24)12-3-5-13(20)6-4-12/h3-8,10-11,16H,9H2,1-2H3. The Balaban J connectivity index is 1.81. The van der Waals surface area contributed by atoms with Crippen molar-refractivity contribution in [1.29, 1.82) is 0 Å². The fourth-order valence-electron chi connectivity index (χ4n) is 2.72. The Kier molecular flexibility index (Phi) is 5.21. The number of benzene rings is 2. The summed E-state index contributed by atoms with van der Waals surface area (Å²) in [6, 6.07) is 11.0. The number of amides is 1. The zero-order valence-corrected chi connectivity index (χ0v) is 15.8. The topological polar surface area (TPSA) is 41.9 Å². The van der Waals surface area contributed by atoms with Gasteiger partial charge in [0.25, 0.3) is 5.91 Å². The van der Waals surface area contributed by atoms with Crippen LogP contribution in [0, 0.1) is 5.82 Å². The van der Waals surface area contributed by atoms with Crippen LogP contribution in [-0.4, -0.2) is 22.7 Å². The van der Waals surface area contributed by atoms with Gasteiger partial charge in [-0.15, -0.1) is 0 Å². The summed E-state index contributed by atoms with van der Waals surface area (Å²) in [6.07, 6.45) is 2.26. The summed E-state index contributed by atoms with van der Waals surface area (Å²) in [7, 11) is 0. The summed E-state index contributed by atoms with van der Waals surface area (Å²) < 4.78 is 19.7. The Hall–Kier alpha value is -2.11. The number of rotatable bonds is 4. The quantitative estimate of drug-likeness (QED) is 0.710. The predicted molar refractivity (Wildman–Crippen MR) is 100 cm³/mol. The Morgan fingerprint density at radius 2 is 1.85 bits per heavy atom. The van der Waals surface area contributed by atoms with Crippen LogP contribution < -0.4 is 4.74 Å². The zero-order valence-electron chi connectivity index (χ0n) is 14.2. The number of nitrogens with zero attached hydrogens (tertiary/aromatic N) is 2. The number of halogens is 3. The number of hydrazone groups is 1. The third-order valence-corrected chi connectivity index (χ3v) is 4.55. The van der Waals surface area contributed by atoms with Gasteiger partial charge in [0.1, 0.15) is 0 Å². The molecule has 2 aromatic rings. The first-order valence-corrected chi connectivity index (χ1v) is 8.79. The second kappa shape index (κ2) is 7.25. The minimum atomic E-state index is -1.32. The highest BCUT2D eigenvalue weighted by Gasteiger charge is 2.40. The van der Waals surface area contributed by atoms with E-state index in [1.807, 2.05) is 12.1 Å². The molecule has 0 aromatic heterocycles. The van der Waals surface area contributed by atoms with Crippen molar-refractivity contribution in [2.24, 2.45) is 5.10 Å². The summed E-state index contributed by atoms with van der Waals surface area (Å²) in [5.74, 6) is -1.04. The second-order valence-corrected chi connectivity index (χ2v) is 7.31. The highest BCUT2D eigenvalue weighted by atomic mass is 35.5. The molecule has 1 heterocycles. The number of ether oxygens (including phenoxy) is 1. The zero-order chi connectivity index (χ0) is 18.9. The van der Waals surface area contributed by atoms with Crippen molar-refractivity contribution in [1.82, 2.24) is 5.01 Å². The molecule has 0 aliphatic carbocycles. The lowest BCUT2D eigenvalue weighted by atomic mass is 10.0. The van der Waals surface area contributed by atoms with E-state index in [1.54, 1.807) is 32.2 Å². The van der Waals surface area contributed by atoms with Gasteiger partial charge in [0, 0.05) is 22.7 Å². The Morgan fingerprint density at radius 1 is 1.19 bits per heavy atom. The van der Waals surface area contributed by atoms with E-state index in [0.29, 0.717) is 11.4 Å². The molecule has 1 atom stereocenters. The summed E-state index contributed by atoms with van der Waals surface area (Å²) >= 11 is 11.7. The molecule has 26 heavy (non-hydrogen) atoms. The Morgan fingerprint density at radius 3 is 2.50 bits per heavy atom. The lowest BCUT2D eigenvalue weighted by molar-refractivity contribution is -0.147. The van der Waals surface area contributed by atoms with Crippen LogP contribution in [0.2, 0.25) is 10.0 Å². The third-order valence-electron chi connectivity index (χ3n) is 4.07. The van der Waals surface area contributed by atoms with Crippen LogP contribution >= 0.6 is 23.2 Å². The number of hydrogen-bond donors (Lipinski definition) is 0. The summed E-state index contributed by atoms with van der Waals surface area (Å²) in [6.45, 7) is 3.16. The van der Waals surface area contributed by atoms with Crippen molar-refractivity contribution in [3.05, 3.63) is 63.9 Å². The first-order chi connectivity index (χ1) is 12.3. The highest BCUT2D eigenvalue weighted by molar-refractivity contribution is 6.30. The van der Waals surface area contributed by atoms with Gasteiger partial charge in [-0.25, -0.2) is 9.40 Å². The van der Waals surface area contributed by atoms with E-state index in [0.717, 1.165) is 11.6 Å². The molecule has 7 heteroatoms. The normalized spacial score (nSPS) is 16.8. The second-order valence-electron chi connectivity index (χ2n) is 6.44. The minimum absolute atomic E-state index is 0.0426. The number of carbonyl (C=O) groups is 1. The average molecular weight is 395 g/mol. The molecule has 0 N–H and O–H groups in total. The molecule has 2 aromatic carbocycles. The van der Waals surface area contributed by atoms with Gasteiger partial charge >= 0.3 is 0 Å². The van der Waals surface area contributed by atoms with Gasteiger partial charge in [0.2, 0.25) is 0 Å². The Bertz CT molecular complexity index is 853. The van der Waals surface area contributed by atoms with Gasteiger partial charge in [-0.2, -0.15) is 5.10 Å². The van der Waals surface area contributed by atoms with Crippen molar-refractivity contribution >= 4 is 35.3 Å². The molecule has 1 aliphatic heterocycles. The van der Waals surface area contributed by atoms with Crippen LogP contribution in [0.1, 0.15) is 31.9 Å². The smallest absolute Gasteiger partial charge is 0.286 e. The van der Waals surface area contributed by atoms with Crippen molar-refractivity contribution in [3.8, 4) is 5.75 Å². The monoisotopic (exact) mass is 394 g/mol. The fourth-order valence-corrected chi connectivity index (χ4v) is 3.01. The van der Waals surface area contributed by atoms with Crippen LogP contribution in [0.15, 0.2) is 47.6 Å². The number of hydrogen-bond acceptors (Lipinski definition) is 3. The highest BCUT2D eigenvalue weighted by Crippen LogP contribution is 2.33. The van der Waals surface area contributed by atoms with Gasteiger partial charge in [0.15, 0.2) is 17.2 Å². The maximum atomic E-state index is 14.0. The SMILES string of the molecule is CC(C)(Oc1ccc(Cl)cc1F)C(=O)N1N=CCC1c1ccc(Cl)cc1. The van der Waals surface area contributed by atoms with Gasteiger partial charge < -0.3 is 4.74 Å². The largest absolute Gasteiger partial charge is 0.475 e. The molecule has 1 aliphatic rings. The molecule has 0 saturated heterocycles. The molecule has 0 radical (unpaired) electrons. The van der Waals surface area contributed by atoms with Crippen LogP contribution in [0.3, 0.4) is 0 Å². The van der Waals surface area contributed by atoms with Gasteiger partial charge in [-0.05, 0) is 49.7 Å². The van der Waals surface area contributed by atoms with Gasteiger partial charge in [0.05, 0.1) is 6.04 Å². The molecule has 0 fully saturated rings. The summed E-state index contributed by atoms with van der Waals surface area (Å²) in [5, 5.41) is 6.44. The molecular formula is C19H17Cl2FN2O2. The van der Waals surface area contributed by atoms with E-state index in [4.69, 9.17) is 27.9 Å². The van der Waals surface area contributed by atoms with Crippen LogP contribution in [0.4, 0.5) is 4.39 Å². The number of carbonyl (C=O) groups excluding carboxylic acids is 1. The molecular weight excluding hydrogens is 378 g/mol. The van der Waals surface area contributed by atoms with E-state index < -0.39 is 11.4 Å². The predicted octanol–water partition coefficient (Wildman–Crippen LogP) is 5.25. The molecule has 3 rings (SSSR count). The van der Waals surface area contributed by atoms with E-state index in [2.05, 4.69) is 5.10 Å². The average Bonchev–Trinajstić information content (AvgIpc) is 3.07. The van der Waals surface area contributed by atoms with Gasteiger partial charge in [-0.1, -0.05) is 35.3 Å². The summed E-state index contributed by atoms with van der Waals surface area (Å²) in [4.78, 5) is 13.0. The molecule has 136 valence electrons. The third kappa shape index (κ3) is 3.84. The van der Waals surface area contributed by atoms with Crippen molar-refractivity contribution in [2.75, 3.05) is 0 Å². The first-order valence-electron chi connectivity index (χ1n) is 8.03. The molecule has 0 bridgehead atoms. The van der Waals surface area contributed by atoms with E-state index in [-0.39, 0.29) is 22.7 Å². The maximum Gasteiger partial charge on any atom is 0.286 e. The lowest BCUT2D eigenvalue weighted by Crippen LogP contribution is -2.47. The molecule has 0 saturated carbocycles. The van der Waals surface area contributed by atoms with Crippen molar-refractivity contribution in [3.63, 3.8) is 0 Å². The fraction of sp³-hybridized carbons (Fsp3) is 0.263. The van der Waals surface area contributed by atoms with Crippen LogP contribution in [-0.2, 0) is 4.79 Å². The van der Waals surface area contributed by atoms with Gasteiger partial charge in [-0.3, -0.25) is 4.79 Å². The molecule has 0 spiro atoms. The Labute approximate surface area is 161 Å². The molecule has 4 nitrogen and oxygen atoms in total. The van der Waals surface area contributed by atoms with E-state index >= 15 is 0 Å². The van der Waals surface area contributed by atoms with E-state index in [9.17, 15) is 9.18 Å². The first kappa shape index (κ1) is 18.7. The van der Waals surface area contributed by atoms with Crippen LogP contribution in [0.25, 0.3) is 0 Å². The molecule has 1 amide bonds. The van der Waals surface area contributed by atoms with Crippen LogP contribution in [0.5, 0.6) is 5.75 Å². The molecule has 1 unspecified atom stereocenters. The maximum absolute atomic E-state index is 14.0. The summed E-state index contributed by atoms with van der Waals surface area (Å²) in [5.41, 5.74) is -0.408. The lowest BCUT2D eigenvalue weighted by Gasteiger charge is -2.31. The van der Waals surface area contributed by atoms with E-state index in [1.165, 1.54) is 17.1 Å². The van der Waals surface area contributed by atoms with Crippen molar-refractivity contribution < 1.29 is 13.9 Å².